The van der Waals surface area contributed by atoms with E-state index in [0.29, 0.717) is 28.1 Å². The quantitative estimate of drug-likeness (QED) is 0.590. The predicted molar refractivity (Wildman–Crippen MR) is 81.7 cm³/mol. The smallest absolute Gasteiger partial charge is 0.253 e. The van der Waals surface area contributed by atoms with Gasteiger partial charge in [-0.3, -0.25) is 10.6 Å². The van der Waals surface area contributed by atoms with Gasteiger partial charge >= 0.3 is 0 Å². The molecule has 0 radical (unpaired) electrons. The van der Waals surface area contributed by atoms with Crippen LogP contribution in [0.2, 0.25) is 5.02 Å². The Hall–Kier alpha value is -0.910. The van der Waals surface area contributed by atoms with Crippen LogP contribution in [0.25, 0.3) is 0 Å². The molecule has 1 fully saturated rings. The van der Waals surface area contributed by atoms with E-state index in [0.717, 1.165) is 0 Å². The van der Waals surface area contributed by atoms with Crippen LogP contribution in [-0.4, -0.2) is 23.5 Å². The molecule has 0 spiro atoms. The zero-order chi connectivity index (χ0) is 13.7. The normalized spacial score (nSPS) is 18.9. The van der Waals surface area contributed by atoms with Crippen molar-refractivity contribution < 1.29 is 4.79 Å². The van der Waals surface area contributed by atoms with Crippen molar-refractivity contribution in [2.24, 2.45) is 5.84 Å². The van der Waals surface area contributed by atoms with Gasteiger partial charge in [-0.05, 0) is 36.8 Å². The summed E-state index contributed by atoms with van der Waals surface area (Å²) < 4.78 is 0. The molecular weight excluding hydrogens is 282 g/mol. The second kappa shape index (κ2) is 7.03. The third-order valence-electron chi connectivity index (χ3n) is 3.15. The molecule has 4 N–H and O–H groups in total. The largest absolute Gasteiger partial charge is 0.351 e. The van der Waals surface area contributed by atoms with Gasteiger partial charge in [0.25, 0.3) is 5.91 Å². The van der Waals surface area contributed by atoms with E-state index in [9.17, 15) is 4.79 Å². The number of benzene rings is 1. The van der Waals surface area contributed by atoms with Crippen LogP contribution in [0, 0.1) is 0 Å². The third kappa shape index (κ3) is 4.03. The van der Waals surface area contributed by atoms with Gasteiger partial charge in [0.15, 0.2) is 0 Å². The average molecular weight is 300 g/mol. The Morgan fingerprint density at radius 3 is 3.00 bits per heavy atom. The number of nitrogens with one attached hydrogen (secondary N) is 2. The monoisotopic (exact) mass is 299 g/mol. The van der Waals surface area contributed by atoms with Crippen molar-refractivity contribution >= 4 is 35.0 Å². The lowest BCUT2D eigenvalue weighted by atomic mass is 10.1. The molecule has 1 aliphatic rings. The zero-order valence-electron chi connectivity index (χ0n) is 10.6. The molecule has 1 heterocycles. The molecule has 4 nitrogen and oxygen atoms in total. The summed E-state index contributed by atoms with van der Waals surface area (Å²) in [5.74, 6) is 6.45. The minimum atomic E-state index is -0.137. The fourth-order valence-corrected chi connectivity index (χ4v) is 3.51. The number of amides is 1. The zero-order valence-corrected chi connectivity index (χ0v) is 12.2. The Kier molecular flexibility index (Phi) is 5.36. The van der Waals surface area contributed by atoms with Gasteiger partial charge in [-0.1, -0.05) is 18.0 Å². The van der Waals surface area contributed by atoms with Gasteiger partial charge < -0.3 is 10.7 Å². The molecule has 6 heteroatoms. The van der Waals surface area contributed by atoms with Gasteiger partial charge in [-0.2, -0.15) is 11.8 Å². The minimum Gasteiger partial charge on any atom is -0.351 e. The van der Waals surface area contributed by atoms with Crippen LogP contribution in [0.1, 0.15) is 29.6 Å². The molecule has 1 amide bonds. The molecular formula is C13H18ClN3OS. The summed E-state index contributed by atoms with van der Waals surface area (Å²) in [6.45, 7) is 0.694. The molecule has 1 aliphatic heterocycles. The summed E-state index contributed by atoms with van der Waals surface area (Å²) in [4.78, 5) is 12.1. The fraction of sp³-hybridized carbons (Fsp3) is 0.462. The molecule has 1 aromatic rings. The number of nitrogens with two attached hydrogens (primary N) is 1. The van der Waals surface area contributed by atoms with Crippen molar-refractivity contribution in [3.63, 3.8) is 0 Å². The van der Waals surface area contributed by atoms with Gasteiger partial charge in [-0.15, -0.1) is 0 Å². The standard InChI is InChI=1S/C13H18ClN3OS/c14-9-4-5-12(17-15)11(7-9)13(18)16-8-10-3-1-2-6-19-10/h4-5,7,10,17H,1-3,6,8,15H2,(H,16,18). The summed E-state index contributed by atoms with van der Waals surface area (Å²) in [5, 5.41) is 4.00. The SMILES string of the molecule is NNc1ccc(Cl)cc1C(=O)NCC1CCCCS1. The van der Waals surface area contributed by atoms with Crippen LogP contribution in [-0.2, 0) is 0 Å². The Balaban J connectivity index is 1.97. The number of carbonyl (C=O) groups is 1. The Morgan fingerprint density at radius 1 is 1.47 bits per heavy atom. The maximum absolute atomic E-state index is 12.1. The number of hydrogen-bond donors (Lipinski definition) is 3. The maximum atomic E-state index is 12.1. The molecule has 0 aliphatic carbocycles. The van der Waals surface area contributed by atoms with Gasteiger partial charge in [0, 0.05) is 16.8 Å². The fourth-order valence-electron chi connectivity index (χ4n) is 2.10. The highest BCUT2D eigenvalue weighted by Crippen LogP contribution is 2.25. The van der Waals surface area contributed by atoms with E-state index in [1.54, 1.807) is 18.2 Å². The number of halogens is 1. The summed E-state index contributed by atoms with van der Waals surface area (Å²) in [6, 6.07) is 5.03. The van der Waals surface area contributed by atoms with Crippen molar-refractivity contribution in [3.8, 4) is 0 Å². The van der Waals surface area contributed by atoms with Crippen LogP contribution in [0.5, 0.6) is 0 Å². The van der Waals surface area contributed by atoms with Gasteiger partial charge in [0.2, 0.25) is 0 Å². The van der Waals surface area contributed by atoms with Gasteiger partial charge in [0.05, 0.1) is 11.3 Å². The number of hydrazine groups is 1. The number of hydrogen-bond acceptors (Lipinski definition) is 4. The van der Waals surface area contributed by atoms with Crippen molar-refractivity contribution in [2.45, 2.75) is 24.5 Å². The summed E-state index contributed by atoms with van der Waals surface area (Å²) in [6.07, 6.45) is 3.70. The van der Waals surface area contributed by atoms with Crippen molar-refractivity contribution in [3.05, 3.63) is 28.8 Å². The van der Waals surface area contributed by atoms with E-state index < -0.39 is 0 Å². The molecule has 2 rings (SSSR count). The van der Waals surface area contributed by atoms with Gasteiger partial charge in [-0.25, -0.2) is 0 Å². The Morgan fingerprint density at radius 2 is 2.32 bits per heavy atom. The highest BCUT2D eigenvalue weighted by Gasteiger charge is 2.17. The number of thioether (sulfide) groups is 1. The molecule has 19 heavy (non-hydrogen) atoms. The number of anilines is 1. The molecule has 1 unspecified atom stereocenters. The Bertz CT molecular complexity index is 450. The first-order valence-electron chi connectivity index (χ1n) is 6.36. The van der Waals surface area contributed by atoms with Crippen LogP contribution in [0.15, 0.2) is 18.2 Å². The number of nitrogen functional groups attached to an aromatic ring is 1. The molecule has 104 valence electrons. The van der Waals surface area contributed by atoms with E-state index in [1.165, 1.54) is 25.0 Å². The van der Waals surface area contributed by atoms with Crippen molar-refractivity contribution in [1.82, 2.24) is 5.32 Å². The van der Waals surface area contributed by atoms with E-state index in [1.807, 2.05) is 11.8 Å². The van der Waals surface area contributed by atoms with Gasteiger partial charge in [0.1, 0.15) is 0 Å². The molecule has 0 saturated carbocycles. The molecule has 1 atom stereocenters. The van der Waals surface area contributed by atoms with Crippen molar-refractivity contribution in [2.75, 3.05) is 17.7 Å². The molecule has 1 saturated heterocycles. The first kappa shape index (κ1) is 14.5. The van der Waals surface area contributed by atoms with Crippen LogP contribution < -0.4 is 16.6 Å². The number of rotatable bonds is 4. The lowest BCUT2D eigenvalue weighted by molar-refractivity contribution is 0.0954. The Labute approximate surface area is 122 Å². The molecule has 0 aromatic heterocycles. The van der Waals surface area contributed by atoms with Crippen molar-refractivity contribution in [1.29, 1.82) is 0 Å². The first-order chi connectivity index (χ1) is 9.20. The minimum absolute atomic E-state index is 0.137. The van der Waals surface area contributed by atoms with Crippen LogP contribution in [0.4, 0.5) is 5.69 Å². The second-order valence-electron chi connectivity index (χ2n) is 4.53. The highest BCUT2D eigenvalue weighted by molar-refractivity contribution is 7.99. The predicted octanol–water partition coefficient (Wildman–Crippen LogP) is 2.64. The lowest BCUT2D eigenvalue weighted by Gasteiger charge is -2.21. The van der Waals surface area contributed by atoms with E-state index in [2.05, 4.69) is 10.7 Å². The molecule has 1 aromatic carbocycles. The lowest BCUT2D eigenvalue weighted by Crippen LogP contribution is -2.32. The third-order valence-corrected chi connectivity index (χ3v) is 4.78. The van der Waals surface area contributed by atoms with Crippen LogP contribution >= 0.6 is 23.4 Å². The average Bonchev–Trinajstić information content (AvgIpc) is 2.46. The second-order valence-corrected chi connectivity index (χ2v) is 6.38. The highest BCUT2D eigenvalue weighted by atomic mass is 35.5. The van der Waals surface area contributed by atoms with E-state index in [-0.39, 0.29) is 5.91 Å². The van der Waals surface area contributed by atoms with E-state index in [4.69, 9.17) is 17.4 Å². The topological polar surface area (TPSA) is 67.1 Å². The number of carbonyl (C=O) groups excluding carboxylic acids is 1. The van der Waals surface area contributed by atoms with Crippen LogP contribution in [0.3, 0.4) is 0 Å². The first-order valence-corrected chi connectivity index (χ1v) is 7.79. The summed E-state index contributed by atoms with van der Waals surface area (Å²) in [7, 11) is 0. The summed E-state index contributed by atoms with van der Waals surface area (Å²) >= 11 is 7.85. The summed E-state index contributed by atoms with van der Waals surface area (Å²) in [5.41, 5.74) is 3.58. The van der Waals surface area contributed by atoms with E-state index >= 15 is 0 Å². The maximum Gasteiger partial charge on any atom is 0.253 e. The molecule has 0 bridgehead atoms.